The summed E-state index contributed by atoms with van der Waals surface area (Å²) in [6, 6.07) is -0.0992. The van der Waals surface area contributed by atoms with Crippen LogP contribution in [-0.4, -0.2) is 58.1 Å². The number of ketones is 1. The number of carbonyl (C=O) groups is 2. The Hall–Kier alpha value is -1.83. The van der Waals surface area contributed by atoms with Crippen molar-refractivity contribution in [1.82, 2.24) is 9.62 Å². The maximum atomic E-state index is 14.0. The molecule has 6 aliphatic rings. The zero-order valence-electron chi connectivity index (χ0n) is 20.9. The van der Waals surface area contributed by atoms with Crippen molar-refractivity contribution in [3.05, 3.63) is 10.9 Å². The Labute approximate surface area is 221 Å². The van der Waals surface area contributed by atoms with Gasteiger partial charge in [0.1, 0.15) is 15.7 Å². The number of nitrogens with zero attached hydrogens (tertiary/aromatic N) is 2. The standard InChI is InChI=1S/C24H32N4O6S3/c1-24(7-8-24)9-10-28-18-14-5-3-13(4-6-14)16(18)19(29)17(23(28)30)21-26-22-20(37(33,34)27-21)15(12-35-22)11-25-36(2,31)32/h12-14,16-18,25H,3-11H2,1-2H3,(H,26,27). The lowest BCUT2D eigenvalue weighted by Crippen LogP contribution is -2.66. The van der Waals surface area contributed by atoms with E-state index >= 15 is 0 Å². The largest absolute Gasteiger partial charge is 0.338 e. The number of hydrogen-bond acceptors (Lipinski definition) is 8. The second-order valence-corrected chi connectivity index (χ2v) is 16.0. The summed E-state index contributed by atoms with van der Waals surface area (Å²) in [5, 5.41) is 4.79. The van der Waals surface area contributed by atoms with Gasteiger partial charge < -0.3 is 10.2 Å². The van der Waals surface area contributed by atoms with Crippen molar-refractivity contribution in [2.45, 2.75) is 69.4 Å². The molecule has 1 saturated heterocycles. The Balaban J connectivity index is 1.34. The Bertz CT molecular complexity index is 1400. The van der Waals surface area contributed by atoms with E-state index in [1.807, 2.05) is 4.90 Å². The molecule has 7 rings (SSSR count). The third kappa shape index (κ3) is 4.45. The van der Waals surface area contributed by atoms with Crippen molar-refractivity contribution in [2.24, 2.45) is 33.5 Å². The second-order valence-electron chi connectivity index (χ2n) is 11.7. The van der Waals surface area contributed by atoms with Crippen LogP contribution < -0.4 is 10.0 Å². The molecule has 2 aliphatic heterocycles. The van der Waals surface area contributed by atoms with Crippen LogP contribution >= 0.6 is 11.3 Å². The Morgan fingerprint density at radius 1 is 1.19 bits per heavy atom. The van der Waals surface area contributed by atoms with Gasteiger partial charge in [-0.3, -0.25) is 9.59 Å². The number of hydrogen-bond donors (Lipinski definition) is 2. The smallest absolute Gasteiger partial charge is 0.287 e. The van der Waals surface area contributed by atoms with Crippen molar-refractivity contribution in [2.75, 3.05) is 18.1 Å². The van der Waals surface area contributed by atoms with Crippen molar-refractivity contribution in [3.8, 4) is 0 Å². The summed E-state index contributed by atoms with van der Waals surface area (Å²) in [5.41, 5.74) is 0.512. The van der Waals surface area contributed by atoms with Gasteiger partial charge in [0.25, 0.3) is 10.0 Å². The normalized spacial score (nSPS) is 33.4. The molecular weight excluding hydrogens is 536 g/mol. The fraction of sp³-hybridized carbons (Fsp3) is 0.708. The lowest BCUT2D eigenvalue weighted by Gasteiger charge is -2.55. The van der Waals surface area contributed by atoms with Crippen LogP contribution in [0.25, 0.3) is 0 Å². The van der Waals surface area contributed by atoms with Gasteiger partial charge >= 0.3 is 0 Å². The molecule has 3 atom stereocenters. The number of amidine groups is 1. The summed E-state index contributed by atoms with van der Waals surface area (Å²) in [7, 11) is -7.78. The number of likely N-dealkylation sites (tertiary alicyclic amines) is 1. The molecule has 3 unspecified atom stereocenters. The van der Waals surface area contributed by atoms with E-state index in [9.17, 15) is 26.4 Å². The number of anilines is 1. The minimum atomic E-state index is -4.25. The molecule has 37 heavy (non-hydrogen) atoms. The molecule has 0 radical (unpaired) electrons. The van der Waals surface area contributed by atoms with Gasteiger partial charge in [0.05, 0.1) is 6.26 Å². The molecule has 4 aliphatic carbocycles. The van der Waals surface area contributed by atoms with Crippen LogP contribution in [0.2, 0.25) is 0 Å². The second kappa shape index (κ2) is 8.59. The number of rotatable bonds is 7. The molecule has 1 aromatic heterocycles. The van der Waals surface area contributed by atoms with Crippen molar-refractivity contribution >= 4 is 53.9 Å². The van der Waals surface area contributed by atoms with E-state index in [0.29, 0.717) is 12.5 Å². The van der Waals surface area contributed by atoms with Crippen LogP contribution in [0.5, 0.6) is 0 Å². The summed E-state index contributed by atoms with van der Waals surface area (Å²) >= 11 is 1.09. The molecule has 0 aromatic carbocycles. The average Bonchev–Trinajstić information content (AvgIpc) is 3.40. The van der Waals surface area contributed by atoms with Gasteiger partial charge in [-0.1, -0.05) is 6.92 Å². The highest BCUT2D eigenvalue weighted by atomic mass is 32.2. The predicted molar refractivity (Wildman–Crippen MR) is 139 cm³/mol. The molecule has 13 heteroatoms. The first kappa shape index (κ1) is 25.4. The number of sulfonamides is 2. The van der Waals surface area contributed by atoms with E-state index < -0.39 is 26.0 Å². The van der Waals surface area contributed by atoms with E-state index in [0.717, 1.165) is 62.5 Å². The van der Waals surface area contributed by atoms with Gasteiger partial charge in [-0.15, -0.1) is 15.7 Å². The molecule has 0 spiro atoms. The Morgan fingerprint density at radius 3 is 2.51 bits per heavy atom. The number of thiophene rings is 1. The first-order valence-corrected chi connectivity index (χ1v) is 17.1. The summed E-state index contributed by atoms with van der Waals surface area (Å²) in [6.07, 6.45) is 8.15. The van der Waals surface area contributed by atoms with Gasteiger partial charge in [0.2, 0.25) is 15.9 Å². The van der Waals surface area contributed by atoms with Crippen LogP contribution in [-0.2, 0) is 36.2 Å². The average molecular weight is 569 g/mol. The highest BCUT2D eigenvalue weighted by Crippen LogP contribution is 2.53. The number of Topliss-reactive ketones (excluding diaryl/α,β-unsaturated/α-hetero) is 1. The molecule has 2 bridgehead atoms. The van der Waals surface area contributed by atoms with E-state index in [1.54, 1.807) is 5.38 Å². The van der Waals surface area contributed by atoms with Gasteiger partial charge in [0, 0.05) is 30.6 Å². The maximum Gasteiger partial charge on any atom is 0.287 e. The van der Waals surface area contributed by atoms with E-state index in [-0.39, 0.29) is 62.8 Å². The van der Waals surface area contributed by atoms with E-state index in [1.165, 1.54) is 0 Å². The minimum Gasteiger partial charge on any atom is -0.338 e. The minimum absolute atomic E-state index is 0.0992. The van der Waals surface area contributed by atoms with Crippen molar-refractivity contribution in [3.63, 3.8) is 0 Å². The SMILES string of the molecule is CC1(CCN2C(=O)C(C3=NS(=O)(=O)c4c(CNS(C)(=O)=O)csc4N3)C(=O)C3C4CCC(CC4)C32)CC1. The number of piperidine rings is 1. The number of nitrogens with one attached hydrogen (secondary N) is 2. The highest BCUT2D eigenvalue weighted by Gasteiger charge is 2.58. The molecular formula is C24H32N4O6S3. The maximum absolute atomic E-state index is 14.0. The molecule has 2 N–H and O–H groups in total. The van der Waals surface area contributed by atoms with Gasteiger partial charge in [-0.25, -0.2) is 13.1 Å². The van der Waals surface area contributed by atoms with Gasteiger partial charge in [0.15, 0.2) is 11.7 Å². The fourth-order valence-corrected chi connectivity index (χ4v) is 9.84. The highest BCUT2D eigenvalue weighted by molar-refractivity contribution is 7.91. The van der Waals surface area contributed by atoms with Crippen molar-refractivity contribution < 1.29 is 26.4 Å². The predicted octanol–water partition coefficient (Wildman–Crippen LogP) is 2.33. The molecule has 1 aromatic rings. The number of fused-ring (bicyclic) bond motifs is 3. The zero-order chi connectivity index (χ0) is 26.3. The van der Waals surface area contributed by atoms with Crippen molar-refractivity contribution in [1.29, 1.82) is 0 Å². The lowest BCUT2D eigenvalue weighted by molar-refractivity contribution is -0.161. The topological polar surface area (TPSA) is 142 Å². The Morgan fingerprint density at radius 2 is 1.86 bits per heavy atom. The van der Waals surface area contributed by atoms with E-state index in [2.05, 4.69) is 21.4 Å². The quantitative estimate of drug-likeness (QED) is 0.481. The summed E-state index contributed by atoms with van der Waals surface area (Å²) < 4.78 is 55.8. The lowest BCUT2D eigenvalue weighted by atomic mass is 9.57. The summed E-state index contributed by atoms with van der Waals surface area (Å²) in [6.45, 7) is 2.61. The molecule has 202 valence electrons. The molecule has 1 amide bonds. The van der Waals surface area contributed by atoms with Crippen LogP contribution in [0.1, 0.15) is 57.4 Å². The van der Waals surface area contributed by atoms with Gasteiger partial charge in [-0.2, -0.15) is 8.42 Å². The molecule has 3 heterocycles. The summed E-state index contributed by atoms with van der Waals surface area (Å²) in [4.78, 5) is 29.7. The van der Waals surface area contributed by atoms with Crippen LogP contribution in [0, 0.1) is 29.1 Å². The van der Waals surface area contributed by atoms with Crippen LogP contribution in [0.3, 0.4) is 0 Å². The first-order valence-electron chi connectivity index (χ1n) is 12.9. The molecule has 4 saturated carbocycles. The third-order valence-corrected chi connectivity index (χ3v) is 12.2. The van der Waals surface area contributed by atoms with Crippen LogP contribution in [0.15, 0.2) is 14.7 Å². The first-order chi connectivity index (χ1) is 17.4. The number of amides is 1. The molecule has 5 fully saturated rings. The zero-order valence-corrected chi connectivity index (χ0v) is 23.3. The van der Waals surface area contributed by atoms with Gasteiger partial charge in [-0.05, 0) is 67.6 Å². The monoisotopic (exact) mass is 568 g/mol. The number of carbonyl (C=O) groups excluding carboxylic acids is 2. The van der Waals surface area contributed by atoms with Crippen LogP contribution in [0.4, 0.5) is 5.00 Å². The Kier molecular flexibility index (Phi) is 5.91. The summed E-state index contributed by atoms with van der Waals surface area (Å²) in [5.74, 6) is -1.71. The third-order valence-electron chi connectivity index (χ3n) is 9.07. The van der Waals surface area contributed by atoms with E-state index in [4.69, 9.17) is 0 Å². The molecule has 10 nitrogen and oxygen atoms in total. The fourth-order valence-electron chi connectivity index (χ4n) is 6.78.